The summed E-state index contributed by atoms with van der Waals surface area (Å²) < 4.78 is 7.39. The van der Waals surface area contributed by atoms with Crippen molar-refractivity contribution in [1.29, 1.82) is 0 Å². The Morgan fingerprint density at radius 1 is 1.00 bits per heavy atom. The molecule has 0 unspecified atom stereocenters. The first kappa shape index (κ1) is 20.5. The molecule has 2 atom stereocenters. The summed E-state index contributed by atoms with van der Waals surface area (Å²) >= 11 is 11.9. The lowest BCUT2D eigenvalue weighted by molar-refractivity contribution is 0.415. The van der Waals surface area contributed by atoms with Gasteiger partial charge in [0.1, 0.15) is 17.6 Å². The zero-order valence-corrected chi connectivity index (χ0v) is 18.8. The van der Waals surface area contributed by atoms with Crippen LogP contribution in [-0.4, -0.2) is 26.8 Å². The number of pyridine rings is 2. The van der Waals surface area contributed by atoms with Crippen LogP contribution >= 0.6 is 23.8 Å². The van der Waals surface area contributed by atoms with Crippen molar-refractivity contribution in [3.63, 3.8) is 0 Å². The fourth-order valence-electron chi connectivity index (χ4n) is 4.03. The monoisotopic (exact) mass is 461 g/mol. The second-order valence-corrected chi connectivity index (χ2v) is 8.16. The molecular weight excluding hydrogens is 442 g/mol. The van der Waals surface area contributed by atoms with Gasteiger partial charge in [-0.1, -0.05) is 17.7 Å². The average molecular weight is 462 g/mol. The molecular formula is C24H20ClN5OS. The van der Waals surface area contributed by atoms with Gasteiger partial charge in [-0.3, -0.25) is 4.98 Å². The van der Waals surface area contributed by atoms with Crippen LogP contribution in [0.5, 0.6) is 5.75 Å². The van der Waals surface area contributed by atoms with Crippen molar-refractivity contribution < 1.29 is 4.74 Å². The van der Waals surface area contributed by atoms with E-state index in [2.05, 4.69) is 30.8 Å². The number of anilines is 1. The first-order valence-electron chi connectivity index (χ1n) is 10.1. The van der Waals surface area contributed by atoms with E-state index in [1.807, 2.05) is 66.9 Å². The zero-order chi connectivity index (χ0) is 22.1. The van der Waals surface area contributed by atoms with Gasteiger partial charge in [0.2, 0.25) is 0 Å². The van der Waals surface area contributed by atoms with E-state index >= 15 is 0 Å². The highest BCUT2D eigenvalue weighted by atomic mass is 35.5. The van der Waals surface area contributed by atoms with Crippen LogP contribution in [0.25, 0.3) is 5.82 Å². The van der Waals surface area contributed by atoms with Crippen LogP contribution in [0.2, 0.25) is 5.02 Å². The molecule has 1 aliphatic heterocycles. The molecule has 0 saturated carbocycles. The van der Waals surface area contributed by atoms with Crippen LogP contribution in [0, 0.1) is 0 Å². The fourth-order valence-corrected chi connectivity index (χ4v) is 4.49. The van der Waals surface area contributed by atoms with E-state index in [1.54, 1.807) is 19.5 Å². The van der Waals surface area contributed by atoms with Gasteiger partial charge in [-0.15, -0.1) is 0 Å². The number of rotatable bonds is 5. The second kappa shape index (κ2) is 8.61. The van der Waals surface area contributed by atoms with Gasteiger partial charge in [0.15, 0.2) is 5.11 Å². The van der Waals surface area contributed by atoms with Crippen molar-refractivity contribution in [2.24, 2.45) is 0 Å². The van der Waals surface area contributed by atoms with Crippen molar-refractivity contribution in [3.05, 3.63) is 102 Å². The second-order valence-electron chi connectivity index (χ2n) is 7.33. The van der Waals surface area contributed by atoms with Gasteiger partial charge >= 0.3 is 0 Å². The van der Waals surface area contributed by atoms with Crippen molar-refractivity contribution in [2.45, 2.75) is 12.1 Å². The van der Waals surface area contributed by atoms with Gasteiger partial charge in [0.25, 0.3) is 0 Å². The van der Waals surface area contributed by atoms with Crippen molar-refractivity contribution in [1.82, 2.24) is 19.9 Å². The Kier molecular flexibility index (Phi) is 5.51. The molecule has 4 aromatic rings. The maximum Gasteiger partial charge on any atom is 0.174 e. The lowest BCUT2D eigenvalue weighted by Crippen LogP contribution is -2.30. The molecule has 3 aromatic heterocycles. The molecule has 1 N–H and O–H groups in total. The summed E-state index contributed by atoms with van der Waals surface area (Å²) in [7, 11) is 1.66. The third-order valence-electron chi connectivity index (χ3n) is 5.49. The zero-order valence-electron chi connectivity index (χ0n) is 17.2. The average Bonchev–Trinajstić information content (AvgIpc) is 3.44. The predicted octanol–water partition coefficient (Wildman–Crippen LogP) is 5.11. The van der Waals surface area contributed by atoms with E-state index in [0.717, 1.165) is 28.6 Å². The van der Waals surface area contributed by atoms with Crippen molar-refractivity contribution in [3.8, 4) is 11.6 Å². The molecule has 0 amide bonds. The molecule has 1 aliphatic rings. The summed E-state index contributed by atoms with van der Waals surface area (Å²) in [6.07, 6.45) is 5.44. The fraction of sp³-hybridized carbons (Fsp3) is 0.125. The molecule has 0 bridgehead atoms. The van der Waals surface area contributed by atoms with Crippen molar-refractivity contribution >= 4 is 34.6 Å². The maximum atomic E-state index is 6.06. The molecule has 0 radical (unpaired) electrons. The Morgan fingerprint density at radius 2 is 1.84 bits per heavy atom. The minimum absolute atomic E-state index is 0.147. The molecule has 8 heteroatoms. The quantitative estimate of drug-likeness (QED) is 0.417. The topological polar surface area (TPSA) is 55.2 Å². The third-order valence-corrected chi connectivity index (χ3v) is 6.03. The van der Waals surface area contributed by atoms with Gasteiger partial charge < -0.3 is 19.5 Å². The number of hydrogen-bond donors (Lipinski definition) is 1. The number of ether oxygens (including phenoxy) is 1. The molecule has 1 fully saturated rings. The van der Waals surface area contributed by atoms with E-state index < -0.39 is 0 Å². The Labute approximate surface area is 196 Å². The molecule has 0 aliphatic carbocycles. The van der Waals surface area contributed by atoms with Gasteiger partial charge in [-0.25, -0.2) is 4.98 Å². The van der Waals surface area contributed by atoms with Crippen LogP contribution < -0.4 is 15.0 Å². The number of benzene rings is 1. The predicted molar refractivity (Wildman–Crippen MR) is 129 cm³/mol. The Balaban J connectivity index is 1.64. The lowest BCUT2D eigenvalue weighted by atomic mass is 10.0. The van der Waals surface area contributed by atoms with E-state index in [4.69, 9.17) is 28.6 Å². The highest BCUT2D eigenvalue weighted by Crippen LogP contribution is 2.42. The van der Waals surface area contributed by atoms with E-state index in [-0.39, 0.29) is 12.1 Å². The lowest BCUT2D eigenvalue weighted by Gasteiger charge is -2.29. The Morgan fingerprint density at radius 3 is 2.53 bits per heavy atom. The van der Waals surface area contributed by atoms with E-state index in [1.165, 1.54) is 0 Å². The number of hydrogen-bond acceptors (Lipinski definition) is 4. The minimum atomic E-state index is -0.154. The molecule has 32 heavy (non-hydrogen) atoms. The molecule has 5 rings (SSSR count). The standard InChI is InChI=1S/C24H20ClN5OS/c1-31-18-10-8-17(9-11-18)30-23(22(28-24(30)32)19-5-2-3-13-26-19)20-6-4-14-29(20)21-12-7-16(25)15-27-21/h2-15,22-23H,1H3,(H,28,32)/t22-,23+/m0/s1. The van der Waals surface area contributed by atoms with Crippen LogP contribution in [0.4, 0.5) is 5.69 Å². The van der Waals surface area contributed by atoms with Crippen LogP contribution in [0.15, 0.2) is 85.3 Å². The third kappa shape index (κ3) is 3.70. The minimum Gasteiger partial charge on any atom is -0.497 e. The molecule has 6 nitrogen and oxygen atoms in total. The summed E-state index contributed by atoms with van der Waals surface area (Å²) in [6.45, 7) is 0. The van der Waals surface area contributed by atoms with Crippen LogP contribution in [0.1, 0.15) is 23.5 Å². The number of aromatic nitrogens is 3. The summed E-state index contributed by atoms with van der Waals surface area (Å²) in [6, 6.07) is 21.3. The summed E-state index contributed by atoms with van der Waals surface area (Å²) in [5, 5.41) is 4.71. The smallest absolute Gasteiger partial charge is 0.174 e. The van der Waals surface area contributed by atoms with Crippen molar-refractivity contribution in [2.75, 3.05) is 12.0 Å². The molecule has 0 spiro atoms. The van der Waals surface area contributed by atoms with Gasteiger partial charge in [-0.05, 0) is 72.9 Å². The van der Waals surface area contributed by atoms with E-state index in [9.17, 15) is 0 Å². The van der Waals surface area contributed by atoms with Gasteiger partial charge in [0, 0.05) is 30.0 Å². The normalized spacial score (nSPS) is 17.9. The number of nitrogens with zero attached hydrogens (tertiary/aromatic N) is 4. The van der Waals surface area contributed by atoms with Crippen LogP contribution in [0.3, 0.4) is 0 Å². The molecule has 1 saturated heterocycles. The number of nitrogens with one attached hydrogen (secondary N) is 1. The van der Waals surface area contributed by atoms with Gasteiger partial charge in [0.05, 0.1) is 23.9 Å². The highest BCUT2D eigenvalue weighted by molar-refractivity contribution is 7.80. The first-order chi connectivity index (χ1) is 15.7. The SMILES string of the molecule is COc1ccc(N2C(=S)N[C@@H](c3ccccn3)[C@H]2c2cccn2-c2ccc(Cl)cn2)cc1. The number of halogens is 1. The first-order valence-corrected chi connectivity index (χ1v) is 10.9. The van der Waals surface area contributed by atoms with Crippen LogP contribution in [-0.2, 0) is 0 Å². The number of thiocarbonyl (C=S) groups is 1. The number of methoxy groups -OCH3 is 1. The van der Waals surface area contributed by atoms with E-state index in [0.29, 0.717) is 10.1 Å². The summed E-state index contributed by atoms with van der Waals surface area (Å²) in [5.41, 5.74) is 2.90. The molecule has 4 heterocycles. The Bertz CT molecular complexity index is 1230. The summed E-state index contributed by atoms with van der Waals surface area (Å²) in [4.78, 5) is 11.3. The largest absolute Gasteiger partial charge is 0.497 e. The van der Waals surface area contributed by atoms with Gasteiger partial charge in [-0.2, -0.15) is 0 Å². The summed E-state index contributed by atoms with van der Waals surface area (Å²) in [5.74, 6) is 1.57. The molecule has 1 aromatic carbocycles. The maximum absolute atomic E-state index is 6.06. The highest BCUT2D eigenvalue weighted by Gasteiger charge is 2.42. The Hall–Kier alpha value is -3.42. The molecule has 160 valence electrons.